The molecule has 0 bridgehead atoms. The van der Waals surface area contributed by atoms with Gasteiger partial charge < -0.3 is 20.1 Å². The van der Waals surface area contributed by atoms with E-state index in [4.69, 9.17) is 4.74 Å². The molecule has 0 radical (unpaired) electrons. The molecule has 0 fully saturated rings. The lowest BCUT2D eigenvalue weighted by molar-refractivity contribution is -0.129. The van der Waals surface area contributed by atoms with Crippen LogP contribution < -0.4 is 10.1 Å². The Morgan fingerprint density at radius 2 is 2.00 bits per heavy atom. The van der Waals surface area contributed by atoms with Crippen molar-refractivity contribution in [2.45, 2.75) is 12.5 Å². The molecule has 6 heteroatoms. The zero-order valence-corrected chi connectivity index (χ0v) is 14.7. The molecule has 2 aromatic carbocycles. The monoisotopic (exact) mass is 386 g/mol. The van der Waals surface area contributed by atoms with Crippen molar-refractivity contribution in [3.05, 3.63) is 57.7 Å². The normalized spacial score (nSPS) is 19.4. The first-order chi connectivity index (χ1) is 11.4. The largest absolute Gasteiger partial charge is 0.497 e. The summed E-state index contributed by atoms with van der Waals surface area (Å²) in [5.74, 6) is 0.210. The molecule has 1 amide bonds. The maximum atomic E-state index is 12.7. The Labute approximate surface area is 146 Å². The van der Waals surface area contributed by atoms with Crippen LogP contribution in [0.15, 0.2) is 40.9 Å². The second kappa shape index (κ2) is 5.09. The van der Waals surface area contributed by atoms with Crippen LogP contribution in [0.1, 0.15) is 16.8 Å². The van der Waals surface area contributed by atoms with E-state index in [9.17, 15) is 9.90 Å². The van der Waals surface area contributed by atoms with Gasteiger partial charge in [-0.2, -0.15) is 0 Å². The van der Waals surface area contributed by atoms with Crippen LogP contribution in [0.25, 0.3) is 10.9 Å². The van der Waals surface area contributed by atoms with Gasteiger partial charge in [-0.1, -0.05) is 15.9 Å². The second-order valence-electron chi connectivity index (χ2n) is 5.89. The van der Waals surface area contributed by atoms with E-state index < -0.39 is 11.5 Å². The second-order valence-corrected chi connectivity index (χ2v) is 6.81. The summed E-state index contributed by atoms with van der Waals surface area (Å²) < 4.78 is 6.09. The Hall–Kier alpha value is -2.31. The van der Waals surface area contributed by atoms with Crippen LogP contribution in [0.2, 0.25) is 0 Å². The van der Waals surface area contributed by atoms with Crippen molar-refractivity contribution in [2.24, 2.45) is 0 Å². The summed E-state index contributed by atoms with van der Waals surface area (Å²) >= 11 is 3.41. The summed E-state index contributed by atoms with van der Waals surface area (Å²) in [6.45, 7) is 1.85. The van der Waals surface area contributed by atoms with Crippen molar-refractivity contribution < 1.29 is 14.6 Å². The van der Waals surface area contributed by atoms with Crippen molar-refractivity contribution in [3.8, 4) is 5.75 Å². The van der Waals surface area contributed by atoms with Gasteiger partial charge in [-0.25, -0.2) is 0 Å². The summed E-state index contributed by atoms with van der Waals surface area (Å²) in [5, 5.41) is 15.0. The predicted molar refractivity (Wildman–Crippen MR) is 95.4 cm³/mol. The van der Waals surface area contributed by atoms with E-state index in [2.05, 4.69) is 26.2 Å². The third-order valence-corrected chi connectivity index (χ3v) is 5.00. The van der Waals surface area contributed by atoms with Gasteiger partial charge >= 0.3 is 0 Å². The number of anilines is 1. The SMILES string of the molecule is COc1ccc2[nH]c(C)c(C3(O)C(=O)Nc4ccc(Br)cc43)c2c1. The number of aromatic amines is 1. The molecule has 3 aromatic rings. The molecule has 3 N–H and O–H groups in total. The third-order valence-electron chi connectivity index (χ3n) is 4.50. The van der Waals surface area contributed by atoms with E-state index in [1.807, 2.05) is 31.2 Å². The molecule has 24 heavy (non-hydrogen) atoms. The van der Waals surface area contributed by atoms with Crippen LogP contribution in [0.3, 0.4) is 0 Å². The number of methoxy groups -OCH3 is 1. The van der Waals surface area contributed by atoms with Gasteiger partial charge in [0.2, 0.25) is 0 Å². The van der Waals surface area contributed by atoms with E-state index in [-0.39, 0.29) is 0 Å². The highest BCUT2D eigenvalue weighted by molar-refractivity contribution is 9.10. The summed E-state index contributed by atoms with van der Waals surface area (Å²) in [5.41, 5.74) is 1.52. The fourth-order valence-corrected chi connectivity index (χ4v) is 3.77. The first-order valence-electron chi connectivity index (χ1n) is 7.46. The number of fused-ring (bicyclic) bond motifs is 2. The lowest BCUT2D eigenvalue weighted by Crippen LogP contribution is -2.35. The molecule has 1 aromatic heterocycles. The molecule has 2 heterocycles. The molecule has 4 rings (SSSR count). The fraction of sp³-hybridized carbons (Fsp3) is 0.167. The minimum absolute atomic E-state index is 0.456. The average molecular weight is 387 g/mol. The molecule has 0 saturated carbocycles. The average Bonchev–Trinajstić information content (AvgIpc) is 3.02. The van der Waals surface area contributed by atoms with Crippen LogP contribution in [0.4, 0.5) is 5.69 Å². The summed E-state index contributed by atoms with van der Waals surface area (Å²) in [4.78, 5) is 15.9. The van der Waals surface area contributed by atoms with Crippen molar-refractivity contribution in [2.75, 3.05) is 12.4 Å². The number of hydrogen-bond donors (Lipinski definition) is 3. The number of H-pyrrole nitrogens is 1. The van der Waals surface area contributed by atoms with Crippen molar-refractivity contribution in [3.63, 3.8) is 0 Å². The van der Waals surface area contributed by atoms with Crippen LogP contribution in [-0.2, 0) is 10.4 Å². The zero-order chi connectivity index (χ0) is 17.1. The Kier molecular flexibility index (Phi) is 3.23. The maximum absolute atomic E-state index is 12.7. The van der Waals surface area contributed by atoms with Gasteiger partial charge in [-0.3, -0.25) is 4.79 Å². The number of carbonyl (C=O) groups excluding carboxylic acids is 1. The smallest absolute Gasteiger partial charge is 0.265 e. The maximum Gasteiger partial charge on any atom is 0.265 e. The number of benzene rings is 2. The Morgan fingerprint density at radius 3 is 2.75 bits per heavy atom. The number of nitrogens with one attached hydrogen (secondary N) is 2. The van der Waals surface area contributed by atoms with E-state index in [0.717, 1.165) is 21.1 Å². The molecule has 5 nitrogen and oxygen atoms in total. The molecule has 1 aliphatic heterocycles. The van der Waals surface area contributed by atoms with E-state index in [1.54, 1.807) is 19.2 Å². The topological polar surface area (TPSA) is 74.3 Å². The van der Waals surface area contributed by atoms with E-state index in [0.29, 0.717) is 22.6 Å². The number of aromatic nitrogens is 1. The number of ether oxygens (including phenoxy) is 1. The highest BCUT2D eigenvalue weighted by atomic mass is 79.9. The zero-order valence-electron chi connectivity index (χ0n) is 13.1. The number of hydrogen-bond acceptors (Lipinski definition) is 3. The van der Waals surface area contributed by atoms with Crippen molar-refractivity contribution in [1.82, 2.24) is 4.98 Å². The standard InChI is InChI=1S/C18H15BrN2O3/c1-9-16(12-8-11(24-2)4-6-14(12)20-9)18(23)13-7-10(19)3-5-15(13)21-17(18)22/h3-8,20,23H,1-2H3,(H,21,22). The van der Waals surface area contributed by atoms with Gasteiger partial charge in [-0.15, -0.1) is 0 Å². The van der Waals surface area contributed by atoms with Gasteiger partial charge in [0.25, 0.3) is 5.91 Å². The molecule has 1 aliphatic rings. The highest BCUT2D eigenvalue weighted by Gasteiger charge is 2.49. The lowest BCUT2D eigenvalue weighted by atomic mass is 9.85. The molecule has 1 atom stereocenters. The molecule has 0 aliphatic carbocycles. The van der Waals surface area contributed by atoms with Gasteiger partial charge in [0.15, 0.2) is 5.60 Å². The predicted octanol–water partition coefficient (Wildman–Crippen LogP) is 3.44. The summed E-state index contributed by atoms with van der Waals surface area (Å²) in [6, 6.07) is 10.9. The minimum atomic E-state index is -1.76. The lowest BCUT2D eigenvalue weighted by Gasteiger charge is -2.22. The van der Waals surface area contributed by atoms with Crippen molar-refractivity contribution in [1.29, 1.82) is 0 Å². The van der Waals surface area contributed by atoms with Gasteiger partial charge in [0.1, 0.15) is 5.75 Å². The van der Waals surface area contributed by atoms with Gasteiger partial charge in [0, 0.05) is 37.9 Å². The number of aryl methyl sites for hydroxylation is 1. The van der Waals surface area contributed by atoms with Crippen molar-refractivity contribution >= 4 is 38.4 Å². The first kappa shape index (κ1) is 15.2. The Morgan fingerprint density at radius 1 is 1.21 bits per heavy atom. The summed E-state index contributed by atoms with van der Waals surface area (Å²) in [6.07, 6.45) is 0. The number of amides is 1. The number of aliphatic hydroxyl groups is 1. The van der Waals surface area contributed by atoms with Crippen LogP contribution in [0.5, 0.6) is 5.75 Å². The Bertz CT molecular complexity index is 995. The molecule has 0 saturated heterocycles. The molecular weight excluding hydrogens is 372 g/mol. The van der Waals surface area contributed by atoms with E-state index >= 15 is 0 Å². The number of carbonyl (C=O) groups is 1. The van der Waals surface area contributed by atoms with Crippen LogP contribution in [0, 0.1) is 6.92 Å². The molecule has 0 spiro atoms. The van der Waals surface area contributed by atoms with Gasteiger partial charge in [-0.05, 0) is 43.3 Å². The first-order valence-corrected chi connectivity index (χ1v) is 8.25. The quantitative estimate of drug-likeness (QED) is 0.631. The van der Waals surface area contributed by atoms with Gasteiger partial charge in [0.05, 0.1) is 7.11 Å². The highest BCUT2D eigenvalue weighted by Crippen LogP contribution is 2.45. The molecular formula is C18H15BrN2O3. The Balaban J connectivity index is 2.05. The fourth-order valence-electron chi connectivity index (χ4n) is 3.41. The van der Waals surface area contributed by atoms with E-state index in [1.165, 1.54) is 0 Å². The number of rotatable bonds is 2. The number of halogens is 1. The molecule has 1 unspecified atom stereocenters. The minimum Gasteiger partial charge on any atom is -0.497 e. The summed E-state index contributed by atoms with van der Waals surface area (Å²) in [7, 11) is 1.59. The molecule has 122 valence electrons. The third kappa shape index (κ3) is 1.93. The van der Waals surface area contributed by atoms with Crippen LogP contribution in [-0.4, -0.2) is 23.1 Å². The van der Waals surface area contributed by atoms with Crippen LogP contribution >= 0.6 is 15.9 Å².